The quantitative estimate of drug-likeness (QED) is 0.685. The Morgan fingerprint density at radius 2 is 2.06 bits per heavy atom. The average Bonchev–Trinajstić information content (AvgIpc) is 2.72. The van der Waals surface area contributed by atoms with E-state index in [0.717, 1.165) is 6.42 Å². The highest BCUT2D eigenvalue weighted by Crippen LogP contribution is 2.38. The molecule has 1 aliphatic heterocycles. The van der Waals surface area contributed by atoms with Crippen LogP contribution >= 0.6 is 0 Å². The van der Waals surface area contributed by atoms with Crippen LogP contribution < -0.4 is 10.5 Å². The van der Waals surface area contributed by atoms with Crippen LogP contribution in [0.5, 0.6) is 0 Å². The number of rotatable bonds is 5. The van der Waals surface area contributed by atoms with Crippen LogP contribution in [-0.2, 0) is 14.9 Å². The molecule has 0 aromatic heterocycles. The predicted molar refractivity (Wildman–Crippen MR) is 64.6 cm³/mol. The van der Waals surface area contributed by atoms with Gasteiger partial charge in [-0.05, 0) is 6.42 Å². The van der Waals surface area contributed by atoms with Crippen LogP contribution in [0.4, 0.5) is 0 Å². The van der Waals surface area contributed by atoms with Gasteiger partial charge in [0, 0.05) is 31.7 Å². The molecule has 0 bridgehead atoms. The fraction of sp³-hybridized carbons (Fsp3) is 1.00. The Hall–Kier alpha value is -0.210. The van der Waals surface area contributed by atoms with E-state index in [-0.39, 0.29) is 18.2 Å². The molecule has 0 radical (unpaired) electrons. The topological polar surface area (TPSA) is 84.7 Å². The summed E-state index contributed by atoms with van der Waals surface area (Å²) in [6.45, 7) is 5.24. The maximum Gasteiger partial charge on any atom is 0.279 e. The van der Waals surface area contributed by atoms with Crippen molar-refractivity contribution in [1.29, 1.82) is 0 Å². The molecule has 0 aromatic carbocycles. The molecule has 1 saturated heterocycles. The zero-order valence-electron chi connectivity index (χ0n) is 10.3. The number of nitrogens with two attached hydrogens (primary N) is 1. The standard InChI is InChI=1S/C10H21N3O3S/c1-3-13(4-2)17(14,15)12-9-8(11)7-5-6-16-10(7)9/h7-10,12H,3-6,11H2,1-2H3. The fourth-order valence-corrected chi connectivity index (χ4v) is 4.17. The highest BCUT2D eigenvalue weighted by atomic mass is 32.2. The number of ether oxygens (including phenoxy) is 1. The Bertz CT molecular complexity index is 369. The molecule has 0 aromatic rings. The molecule has 2 fully saturated rings. The van der Waals surface area contributed by atoms with Gasteiger partial charge in [0.25, 0.3) is 10.2 Å². The molecule has 0 spiro atoms. The monoisotopic (exact) mass is 263 g/mol. The lowest BCUT2D eigenvalue weighted by Gasteiger charge is -2.45. The van der Waals surface area contributed by atoms with E-state index < -0.39 is 10.2 Å². The normalized spacial score (nSPS) is 36.9. The zero-order chi connectivity index (χ0) is 12.6. The minimum atomic E-state index is -3.43. The third-order valence-electron chi connectivity index (χ3n) is 3.78. The van der Waals surface area contributed by atoms with Gasteiger partial charge in [0.05, 0.1) is 12.1 Å². The minimum Gasteiger partial charge on any atom is -0.376 e. The van der Waals surface area contributed by atoms with E-state index in [4.69, 9.17) is 10.5 Å². The van der Waals surface area contributed by atoms with Crippen LogP contribution in [0.2, 0.25) is 0 Å². The molecular weight excluding hydrogens is 242 g/mol. The fourth-order valence-electron chi connectivity index (χ4n) is 2.71. The van der Waals surface area contributed by atoms with Crippen molar-refractivity contribution in [3.8, 4) is 0 Å². The van der Waals surface area contributed by atoms with Crippen molar-refractivity contribution in [1.82, 2.24) is 9.03 Å². The zero-order valence-corrected chi connectivity index (χ0v) is 11.1. The van der Waals surface area contributed by atoms with Crippen molar-refractivity contribution in [3.05, 3.63) is 0 Å². The largest absolute Gasteiger partial charge is 0.376 e. The Labute approximate surface area is 103 Å². The average molecular weight is 263 g/mol. The second kappa shape index (κ2) is 4.81. The number of nitrogens with zero attached hydrogens (tertiary/aromatic N) is 1. The van der Waals surface area contributed by atoms with E-state index in [0.29, 0.717) is 25.6 Å². The molecule has 2 aliphatic rings. The summed E-state index contributed by atoms with van der Waals surface area (Å²) < 4.78 is 33.6. The summed E-state index contributed by atoms with van der Waals surface area (Å²) >= 11 is 0. The lowest BCUT2D eigenvalue weighted by atomic mass is 9.73. The predicted octanol–water partition coefficient (Wildman–Crippen LogP) is -0.723. The molecular formula is C10H21N3O3S. The first-order valence-electron chi connectivity index (χ1n) is 6.15. The maximum atomic E-state index is 12.0. The Morgan fingerprint density at radius 1 is 1.41 bits per heavy atom. The van der Waals surface area contributed by atoms with Crippen molar-refractivity contribution in [2.45, 2.75) is 38.5 Å². The maximum absolute atomic E-state index is 12.0. The summed E-state index contributed by atoms with van der Waals surface area (Å²) in [6, 6.07) is -0.388. The summed E-state index contributed by atoms with van der Waals surface area (Å²) in [5, 5.41) is 0. The summed E-state index contributed by atoms with van der Waals surface area (Å²) in [4.78, 5) is 0. The minimum absolute atomic E-state index is 0.0321. The van der Waals surface area contributed by atoms with Crippen LogP contribution in [0.3, 0.4) is 0 Å². The SMILES string of the molecule is CCN(CC)S(=O)(=O)NC1C(N)C2CCOC21. The third-order valence-corrected chi connectivity index (χ3v) is 5.54. The lowest BCUT2D eigenvalue weighted by molar-refractivity contribution is -0.00979. The van der Waals surface area contributed by atoms with Crippen molar-refractivity contribution in [3.63, 3.8) is 0 Å². The molecule has 4 atom stereocenters. The molecule has 4 unspecified atom stereocenters. The first-order chi connectivity index (χ1) is 8.01. The smallest absolute Gasteiger partial charge is 0.279 e. The highest BCUT2D eigenvalue weighted by molar-refractivity contribution is 7.87. The number of hydrogen-bond acceptors (Lipinski definition) is 4. The van der Waals surface area contributed by atoms with Gasteiger partial charge in [0.2, 0.25) is 0 Å². The second-order valence-corrected chi connectivity index (χ2v) is 6.30. The van der Waals surface area contributed by atoms with Gasteiger partial charge in [0.1, 0.15) is 0 Å². The van der Waals surface area contributed by atoms with E-state index in [2.05, 4.69) is 4.72 Å². The molecule has 1 heterocycles. The molecule has 17 heavy (non-hydrogen) atoms. The molecule has 2 rings (SSSR count). The molecule has 3 N–H and O–H groups in total. The van der Waals surface area contributed by atoms with E-state index in [1.807, 2.05) is 13.8 Å². The number of fused-ring (bicyclic) bond motifs is 1. The van der Waals surface area contributed by atoms with Gasteiger partial charge >= 0.3 is 0 Å². The first kappa shape index (κ1) is 13.2. The second-order valence-electron chi connectivity index (χ2n) is 4.60. The van der Waals surface area contributed by atoms with Crippen LogP contribution in [0.1, 0.15) is 20.3 Å². The van der Waals surface area contributed by atoms with Gasteiger partial charge in [-0.3, -0.25) is 0 Å². The summed E-state index contributed by atoms with van der Waals surface area (Å²) in [6.07, 6.45) is 0.908. The number of hydrogen-bond donors (Lipinski definition) is 2. The first-order valence-corrected chi connectivity index (χ1v) is 7.59. The molecule has 1 saturated carbocycles. The van der Waals surface area contributed by atoms with E-state index in [1.165, 1.54) is 4.31 Å². The van der Waals surface area contributed by atoms with E-state index in [9.17, 15) is 8.42 Å². The van der Waals surface area contributed by atoms with Gasteiger partial charge in [-0.2, -0.15) is 17.4 Å². The van der Waals surface area contributed by atoms with Crippen LogP contribution in [0.25, 0.3) is 0 Å². The van der Waals surface area contributed by atoms with Gasteiger partial charge in [-0.15, -0.1) is 0 Å². The Morgan fingerprint density at radius 3 is 2.65 bits per heavy atom. The molecule has 1 aliphatic carbocycles. The van der Waals surface area contributed by atoms with E-state index in [1.54, 1.807) is 0 Å². The van der Waals surface area contributed by atoms with Crippen molar-refractivity contribution < 1.29 is 13.2 Å². The van der Waals surface area contributed by atoms with Gasteiger partial charge < -0.3 is 10.5 Å². The van der Waals surface area contributed by atoms with Gasteiger partial charge in [-0.1, -0.05) is 13.8 Å². The molecule has 100 valence electrons. The molecule has 0 amide bonds. The summed E-state index contributed by atoms with van der Waals surface area (Å²) in [7, 11) is -3.43. The van der Waals surface area contributed by atoms with Crippen LogP contribution in [-0.4, -0.2) is 50.6 Å². The summed E-state index contributed by atoms with van der Waals surface area (Å²) in [5.41, 5.74) is 5.97. The Balaban J connectivity index is 2.01. The third kappa shape index (κ3) is 2.22. The molecule has 6 nitrogen and oxygen atoms in total. The van der Waals surface area contributed by atoms with Crippen LogP contribution in [0, 0.1) is 5.92 Å². The van der Waals surface area contributed by atoms with Gasteiger partial charge in [-0.25, -0.2) is 0 Å². The van der Waals surface area contributed by atoms with Crippen LogP contribution in [0.15, 0.2) is 0 Å². The Kier molecular flexibility index (Phi) is 3.74. The summed E-state index contributed by atoms with van der Waals surface area (Å²) in [5.74, 6) is 0.319. The lowest BCUT2D eigenvalue weighted by Crippen LogP contribution is -2.69. The van der Waals surface area contributed by atoms with Crippen molar-refractivity contribution >= 4 is 10.2 Å². The van der Waals surface area contributed by atoms with Crippen molar-refractivity contribution in [2.75, 3.05) is 19.7 Å². The molecule has 7 heteroatoms. The van der Waals surface area contributed by atoms with E-state index >= 15 is 0 Å². The van der Waals surface area contributed by atoms with Gasteiger partial charge in [0.15, 0.2) is 0 Å². The van der Waals surface area contributed by atoms with Crippen molar-refractivity contribution in [2.24, 2.45) is 11.7 Å². The number of nitrogens with one attached hydrogen (secondary N) is 1. The highest BCUT2D eigenvalue weighted by Gasteiger charge is 2.53.